The van der Waals surface area contributed by atoms with Crippen LogP contribution in [0.1, 0.15) is 10.4 Å². The van der Waals surface area contributed by atoms with Gasteiger partial charge in [-0.1, -0.05) is 0 Å². The second-order valence-electron chi connectivity index (χ2n) is 2.59. The van der Waals surface area contributed by atoms with Crippen LogP contribution >= 0.6 is 0 Å². The number of nitrogens with zero attached hydrogens (tertiary/aromatic N) is 1. The lowest BCUT2D eigenvalue weighted by atomic mass is 10.2. The van der Waals surface area contributed by atoms with Crippen molar-refractivity contribution in [3.63, 3.8) is 0 Å². The average Bonchev–Trinajstić information content (AvgIpc) is 2.19. The van der Waals surface area contributed by atoms with Gasteiger partial charge in [0.2, 0.25) is 0 Å². The van der Waals surface area contributed by atoms with E-state index in [1.807, 2.05) is 0 Å². The highest BCUT2D eigenvalue weighted by molar-refractivity contribution is 5.82. The van der Waals surface area contributed by atoms with Crippen LogP contribution in [0.2, 0.25) is 0 Å². The van der Waals surface area contributed by atoms with Crippen molar-refractivity contribution < 1.29 is 27.6 Å². The molecule has 0 amide bonds. The number of rotatable bonds is 4. The molecule has 5 nitrogen and oxygen atoms in total. The molecular weight excluding hydrogens is 231 g/mol. The lowest BCUT2D eigenvalue weighted by Crippen LogP contribution is -2.05. The molecule has 0 N–H and O–H groups in total. The summed E-state index contributed by atoms with van der Waals surface area (Å²) in [5.74, 6) is -2.25. The summed E-state index contributed by atoms with van der Waals surface area (Å²) in [6, 6.07) is 0.897. The van der Waals surface area contributed by atoms with Gasteiger partial charge in [-0.05, 0) is 0 Å². The molecule has 0 saturated heterocycles. The maximum atomic E-state index is 13.0. The summed E-state index contributed by atoms with van der Waals surface area (Å²) in [7, 11) is 0. The molecule has 0 fully saturated rings. The number of carbonyl (C=O) groups excluding carboxylic acids is 1. The van der Waals surface area contributed by atoms with Gasteiger partial charge >= 0.3 is 6.61 Å². The van der Waals surface area contributed by atoms with Gasteiger partial charge in [-0.2, -0.15) is 8.78 Å². The van der Waals surface area contributed by atoms with Gasteiger partial charge < -0.3 is 4.74 Å². The number of halogens is 3. The molecule has 8 heteroatoms. The van der Waals surface area contributed by atoms with Crippen LogP contribution in [-0.2, 0) is 0 Å². The Kier molecular flexibility index (Phi) is 3.44. The molecule has 1 aromatic rings. The topological polar surface area (TPSA) is 69.4 Å². The molecule has 0 aliphatic carbocycles. The predicted octanol–water partition coefficient (Wildman–Crippen LogP) is 2.15. The molecule has 0 bridgehead atoms. The molecule has 0 spiro atoms. The molecule has 1 aromatic carbocycles. The van der Waals surface area contributed by atoms with E-state index < -0.39 is 34.4 Å². The zero-order chi connectivity index (χ0) is 12.3. The smallest absolute Gasteiger partial charge is 0.387 e. The zero-order valence-corrected chi connectivity index (χ0v) is 7.52. The molecule has 0 aromatic heterocycles. The van der Waals surface area contributed by atoms with Crippen molar-refractivity contribution >= 4 is 12.0 Å². The Balaban J connectivity index is 3.25. The molecular formula is C8H4F3NO4. The standard InChI is InChI=1S/C8H4F3NO4/c9-5-2-6(12(14)15)4(3-13)1-7(5)16-8(10)11/h1-3,8H. The maximum absolute atomic E-state index is 13.0. The van der Waals surface area contributed by atoms with E-state index in [2.05, 4.69) is 4.74 Å². The van der Waals surface area contributed by atoms with E-state index in [4.69, 9.17) is 0 Å². The van der Waals surface area contributed by atoms with Gasteiger partial charge in [0.15, 0.2) is 17.9 Å². The summed E-state index contributed by atoms with van der Waals surface area (Å²) in [5, 5.41) is 10.4. The lowest BCUT2D eigenvalue weighted by Gasteiger charge is -2.06. The number of aldehydes is 1. The van der Waals surface area contributed by atoms with Crippen molar-refractivity contribution in [3.8, 4) is 5.75 Å². The number of hydrogen-bond donors (Lipinski definition) is 0. The number of nitro benzene ring substituents is 1. The maximum Gasteiger partial charge on any atom is 0.387 e. The number of hydrogen-bond acceptors (Lipinski definition) is 4. The monoisotopic (exact) mass is 235 g/mol. The first kappa shape index (κ1) is 12.0. The molecule has 1 rings (SSSR count). The average molecular weight is 235 g/mol. The van der Waals surface area contributed by atoms with Crippen molar-refractivity contribution in [1.29, 1.82) is 0 Å². The Morgan fingerprint density at radius 2 is 2.06 bits per heavy atom. The minimum Gasteiger partial charge on any atom is -0.432 e. The molecule has 0 saturated carbocycles. The normalized spacial score (nSPS) is 10.2. The van der Waals surface area contributed by atoms with Gasteiger partial charge in [0, 0.05) is 6.07 Å². The van der Waals surface area contributed by atoms with Crippen LogP contribution in [0.15, 0.2) is 12.1 Å². The Hall–Kier alpha value is -2.12. The van der Waals surface area contributed by atoms with E-state index in [1.165, 1.54) is 0 Å². The van der Waals surface area contributed by atoms with E-state index in [0.717, 1.165) is 0 Å². The van der Waals surface area contributed by atoms with Crippen LogP contribution in [-0.4, -0.2) is 17.8 Å². The third kappa shape index (κ3) is 2.47. The molecule has 0 atom stereocenters. The fourth-order valence-electron chi connectivity index (χ4n) is 0.997. The Morgan fingerprint density at radius 1 is 1.44 bits per heavy atom. The number of carbonyl (C=O) groups is 1. The molecule has 86 valence electrons. The lowest BCUT2D eigenvalue weighted by molar-refractivity contribution is -0.385. The minimum atomic E-state index is -3.28. The number of nitro groups is 1. The predicted molar refractivity (Wildman–Crippen MR) is 45.1 cm³/mol. The van der Waals surface area contributed by atoms with Crippen LogP contribution in [0.5, 0.6) is 5.75 Å². The highest BCUT2D eigenvalue weighted by atomic mass is 19.3. The van der Waals surface area contributed by atoms with Gasteiger partial charge in [0.1, 0.15) is 0 Å². The van der Waals surface area contributed by atoms with Crippen molar-refractivity contribution in [1.82, 2.24) is 0 Å². The first-order valence-corrected chi connectivity index (χ1v) is 3.83. The first-order chi connectivity index (χ1) is 7.45. The SMILES string of the molecule is O=Cc1cc(OC(F)F)c(F)cc1[N+](=O)[O-]. The summed E-state index contributed by atoms with van der Waals surface area (Å²) in [6.07, 6.45) is 0.0515. The zero-order valence-electron chi connectivity index (χ0n) is 7.52. The van der Waals surface area contributed by atoms with E-state index in [-0.39, 0.29) is 6.29 Å². The summed E-state index contributed by atoms with van der Waals surface area (Å²) in [5.41, 5.74) is -1.35. The van der Waals surface area contributed by atoms with Crippen molar-refractivity contribution in [2.24, 2.45) is 0 Å². The largest absolute Gasteiger partial charge is 0.432 e. The van der Waals surface area contributed by atoms with Gasteiger partial charge in [-0.25, -0.2) is 4.39 Å². The van der Waals surface area contributed by atoms with Crippen LogP contribution in [0.3, 0.4) is 0 Å². The molecule has 0 unspecified atom stereocenters. The summed E-state index contributed by atoms with van der Waals surface area (Å²) in [6.45, 7) is -3.28. The minimum absolute atomic E-state index is 0.0515. The van der Waals surface area contributed by atoms with Crippen molar-refractivity contribution in [2.45, 2.75) is 6.61 Å². The van der Waals surface area contributed by atoms with Crippen molar-refractivity contribution in [2.75, 3.05) is 0 Å². The number of benzene rings is 1. The highest BCUT2D eigenvalue weighted by Crippen LogP contribution is 2.27. The number of ether oxygens (including phenoxy) is 1. The van der Waals surface area contributed by atoms with Crippen LogP contribution in [0.25, 0.3) is 0 Å². The van der Waals surface area contributed by atoms with E-state index in [0.29, 0.717) is 12.1 Å². The van der Waals surface area contributed by atoms with E-state index in [1.54, 1.807) is 0 Å². The molecule has 16 heavy (non-hydrogen) atoms. The van der Waals surface area contributed by atoms with Crippen LogP contribution in [0.4, 0.5) is 18.9 Å². The third-order valence-corrected chi connectivity index (χ3v) is 1.62. The van der Waals surface area contributed by atoms with Crippen LogP contribution < -0.4 is 4.74 Å². The third-order valence-electron chi connectivity index (χ3n) is 1.62. The quantitative estimate of drug-likeness (QED) is 0.455. The molecule has 0 radical (unpaired) electrons. The Morgan fingerprint density at radius 3 is 2.50 bits per heavy atom. The molecule has 0 aliphatic rings. The van der Waals surface area contributed by atoms with Crippen molar-refractivity contribution in [3.05, 3.63) is 33.6 Å². The van der Waals surface area contributed by atoms with E-state index in [9.17, 15) is 28.1 Å². The second-order valence-corrected chi connectivity index (χ2v) is 2.59. The summed E-state index contributed by atoms with van der Waals surface area (Å²) in [4.78, 5) is 19.8. The molecule has 0 heterocycles. The fourth-order valence-corrected chi connectivity index (χ4v) is 0.997. The summed E-state index contributed by atoms with van der Waals surface area (Å²) < 4.78 is 40.3. The van der Waals surface area contributed by atoms with Gasteiger partial charge in [-0.15, -0.1) is 0 Å². The second kappa shape index (κ2) is 4.60. The van der Waals surface area contributed by atoms with Gasteiger partial charge in [0.25, 0.3) is 5.69 Å². The first-order valence-electron chi connectivity index (χ1n) is 3.83. The highest BCUT2D eigenvalue weighted by Gasteiger charge is 2.20. The molecule has 0 aliphatic heterocycles. The van der Waals surface area contributed by atoms with Gasteiger partial charge in [-0.3, -0.25) is 14.9 Å². The summed E-state index contributed by atoms with van der Waals surface area (Å²) >= 11 is 0. The Bertz CT molecular complexity index is 436. The number of alkyl halides is 2. The Labute approximate surface area is 86.6 Å². The fraction of sp³-hybridized carbons (Fsp3) is 0.125. The van der Waals surface area contributed by atoms with E-state index >= 15 is 0 Å². The van der Waals surface area contributed by atoms with Gasteiger partial charge in [0.05, 0.1) is 16.6 Å². The van der Waals surface area contributed by atoms with Crippen LogP contribution in [0, 0.1) is 15.9 Å².